The van der Waals surface area contributed by atoms with E-state index >= 15 is 0 Å². The minimum atomic E-state index is 0.786. The van der Waals surface area contributed by atoms with Gasteiger partial charge in [0.2, 0.25) is 0 Å². The van der Waals surface area contributed by atoms with Gasteiger partial charge in [-0.25, -0.2) is 0 Å². The van der Waals surface area contributed by atoms with Crippen LogP contribution in [-0.4, -0.2) is 38.9 Å². The number of nitrogens with zero attached hydrogens (tertiary/aromatic N) is 1. The van der Waals surface area contributed by atoms with Crippen LogP contribution in [0, 0.1) is 19.8 Å². The van der Waals surface area contributed by atoms with Crippen LogP contribution in [0.2, 0.25) is 6.32 Å². The Kier molecular flexibility index (Phi) is 6.74. The van der Waals surface area contributed by atoms with Crippen LogP contribution in [0.3, 0.4) is 0 Å². The Morgan fingerprint density at radius 2 is 1.83 bits per heavy atom. The topological polar surface area (TPSA) is 15.3 Å². The van der Waals surface area contributed by atoms with Crippen LogP contribution in [0.1, 0.15) is 29.2 Å². The summed E-state index contributed by atoms with van der Waals surface area (Å²) >= 11 is 0. The molecular formula is C21H33BN2. The zero-order valence-electron chi connectivity index (χ0n) is 16.0. The van der Waals surface area contributed by atoms with Gasteiger partial charge in [-0.05, 0) is 61.8 Å². The monoisotopic (exact) mass is 324 g/mol. The maximum absolute atomic E-state index is 4.12. The van der Waals surface area contributed by atoms with Crippen LogP contribution in [-0.2, 0) is 12.8 Å². The van der Waals surface area contributed by atoms with E-state index in [2.05, 4.69) is 57.2 Å². The van der Waals surface area contributed by atoms with Crippen molar-refractivity contribution in [3.63, 3.8) is 0 Å². The van der Waals surface area contributed by atoms with E-state index in [1.807, 2.05) is 6.92 Å². The summed E-state index contributed by atoms with van der Waals surface area (Å²) < 4.78 is 0. The lowest BCUT2D eigenvalue weighted by molar-refractivity contribution is 0.111. The molecule has 0 saturated carbocycles. The average molecular weight is 324 g/mol. The van der Waals surface area contributed by atoms with E-state index in [0.717, 1.165) is 30.3 Å². The number of nitrogens with one attached hydrogen (secondary N) is 1. The first kappa shape index (κ1) is 18.9. The number of aryl methyl sites for hydroxylation is 1. The van der Waals surface area contributed by atoms with Gasteiger partial charge in [0.05, 0.1) is 0 Å². The highest BCUT2D eigenvalue weighted by atomic mass is 15.2. The van der Waals surface area contributed by atoms with Crippen LogP contribution in [0.25, 0.3) is 0 Å². The molecule has 2 rings (SSSR count). The predicted molar refractivity (Wildman–Crippen MR) is 109 cm³/mol. The lowest BCUT2D eigenvalue weighted by Gasteiger charge is -2.40. The Labute approximate surface area is 149 Å². The van der Waals surface area contributed by atoms with Crippen LogP contribution >= 0.6 is 0 Å². The van der Waals surface area contributed by atoms with E-state index in [4.69, 9.17) is 0 Å². The molecule has 0 unspecified atom stereocenters. The Morgan fingerprint density at radius 3 is 2.46 bits per heavy atom. The third-order valence-electron chi connectivity index (χ3n) is 5.13. The predicted octanol–water partition coefficient (Wildman–Crippen LogP) is 3.05. The third-order valence-corrected chi connectivity index (χ3v) is 5.13. The standard InChI is InChI=1S/C21H33BN2/c1-15(2)11-23-16(3)12-24-13-19(14-24)10-21-7-6-20(8-9-22)17(4)18(21)5/h6-7,19,23H,1,3,8-14,22H2,2,4-5H3. The summed E-state index contributed by atoms with van der Waals surface area (Å²) in [7, 11) is 2.25. The van der Waals surface area contributed by atoms with Crippen molar-refractivity contribution in [1.82, 2.24) is 10.2 Å². The smallest absolute Gasteiger partial charge is 0.101 e. The highest BCUT2D eigenvalue weighted by Gasteiger charge is 2.27. The van der Waals surface area contributed by atoms with Gasteiger partial charge in [0.25, 0.3) is 0 Å². The van der Waals surface area contributed by atoms with E-state index in [1.165, 1.54) is 54.5 Å². The SMILES string of the molecule is BCCc1ccc(CC2CN(CC(=C)NCC(=C)C)C2)c(C)c1C. The second kappa shape index (κ2) is 8.57. The molecular weight excluding hydrogens is 291 g/mol. The fourth-order valence-electron chi connectivity index (χ4n) is 3.54. The van der Waals surface area contributed by atoms with Gasteiger partial charge in [0, 0.05) is 31.9 Å². The molecule has 0 atom stereocenters. The van der Waals surface area contributed by atoms with Gasteiger partial charge in [0.1, 0.15) is 7.85 Å². The van der Waals surface area contributed by atoms with Crippen LogP contribution in [0.5, 0.6) is 0 Å². The van der Waals surface area contributed by atoms with E-state index in [9.17, 15) is 0 Å². The quantitative estimate of drug-likeness (QED) is 0.555. The van der Waals surface area contributed by atoms with Crippen molar-refractivity contribution in [1.29, 1.82) is 0 Å². The Hall–Kier alpha value is -1.48. The molecule has 0 amide bonds. The number of likely N-dealkylation sites (tertiary alicyclic amines) is 1. The molecule has 1 aliphatic rings. The normalized spacial score (nSPS) is 15.1. The molecule has 0 aliphatic carbocycles. The molecule has 0 radical (unpaired) electrons. The van der Waals surface area contributed by atoms with Gasteiger partial charge in [-0.3, -0.25) is 4.90 Å². The zero-order chi connectivity index (χ0) is 17.7. The molecule has 0 spiro atoms. The molecule has 3 heteroatoms. The summed E-state index contributed by atoms with van der Waals surface area (Å²) in [6.45, 7) is 18.8. The van der Waals surface area contributed by atoms with Crippen molar-refractivity contribution >= 4 is 7.85 Å². The van der Waals surface area contributed by atoms with E-state index in [0.29, 0.717) is 0 Å². The first-order valence-electron chi connectivity index (χ1n) is 9.27. The van der Waals surface area contributed by atoms with Crippen LogP contribution in [0.4, 0.5) is 0 Å². The van der Waals surface area contributed by atoms with E-state index < -0.39 is 0 Å². The molecule has 2 nitrogen and oxygen atoms in total. The largest absolute Gasteiger partial charge is 0.384 e. The van der Waals surface area contributed by atoms with Gasteiger partial charge >= 0.3 is 0 Å². The summed E-state index contributed by atoms with van der Waals surface area (Å²) in [6, 6.07) is 4.71. The van der Waals surface area contributed by atoms with Crippen molar-refractivity contribution in [2.45, 2.75) is 39.9 Å². The fourth-order valence-corrected chi connectivity index (χ4v) is 3.54. The van der Waals surface area contributed by atoms with Gasteiger partial charge in [-0.15, -0.1) is 0 Å². The van der Waals surface area contributed by atoms with Gasteiger partial charge in [-0.2, -0.15) is 0 Å². The molecule has 1 heterocycles. The summed E-state index contributed by atoms with van der Waals surface area (Å²) in [4.78, 5) is 2.48. The molecule has 1 aliphatic heterocycles. The molecule has 130 valence electrons. The number of benzene rings is 1. The fraction of sp³-hybridized carbons (Fsp3) is 0.524. The molecule has 1 N–H and O–H groups in total. The van der Waals surface area contributed by atoms with Crippen LogP contribution in [0.15, 0.2) is 36.6 Å². The van der Waals surface area contributed by atoms with E-state index in [-0.39, 0.29) is 0 Å². The second-order valence-corrected chi connectivity index (χ2v) is 7.56. The highest BCUT2D eigenvalue weighted by molar-refractivity contribution is 6.08. The lowest BCUT2D eigenvalue weighted by atomic mass is 9.86. The first-order chi connectivity index (χ1) is 11.4. The van der Waals surface area contributed by atoms with Crippen molar-refractivity contribution in [2.24, 2.45) is 5.92 Å². The average Bonchev–Trinajstić information content (AvgIpc) is 2.50. The zero-order valence-corrected chi connectivity index (χ0v) is 16.0. The molecule has 1 aromatic rings. The number of hydrogen-bond acceptors (Lipinski definition) is 2. The van der Waals surface area contributed by atoms with E-state index in [1.54, 1.807) is 0 Å². The van der Waals surface area contributed by atoms with Crippen molar-refractivity contribution in [2.75, 3.05) is 26.2 Å². The van der Waals surface area contributed by atoms with Crippen molar-refractivity contribution in [3.8, 4) is 0 Å². The summed E-state index contributed by atoms with van der Waals surface area (Å²) in [5, 5.41) is 3.34. The van der Waals surface area contributed by atoms with Gasteiger partial charge in [-0.1, -0.05) is 37.2 Å². The van der Waals surface area contributed by atoms with Gasteiger partial charge < -0.3 is 5.32 Å². The molecule has 1 saturated heterocycles. The van der Waals surface area contributed by atoms with Crippen LogP contribution < -0.4 is 5.32 Å². The third kappa shape index (κ3) is 5.01. The number of rotatable bonds is 9. The minimum Gasteiger partial charge on any atom is -0.384 e. The molecule has 0 aromatic heterocycles. The second-order valence-electron chi connectivity index (χ2n) is 7.56. The Balaban J connectivity index is 1.80. The maximum atomic E-state index is 4.12. The minimum absolute atomic E-state index is 0.786. The Bertz CT molecular complexity index is 600. The van der Waals surface area contributed by atoms with Crippen molar-refractivity contribution in [3.05, 3.63) is 58.8 Å². The highest BCUT2D eigenvalue weighted by Crippen LogP contribution is 2.25. The lowest BCUT2D eigenvalue weighted by Crippen LogP contribution is -2.49. The maximum Gasteiger partial charge on any atom is 0.101 e. The Morgan fingerprint density at radius 1 is 1.21 bits per heavy atom. The first-order valence-corrected chi connectivity index (χ1v) is 9.27. The molecule has 24 heavy (non-hydrogen) atoms. The summed E-state index contributed by atoms with van der Waals surface area (Å²) in [6.07, 6.45) is 3.63. The number of hydrogen-bond donors (Lipinski definition) is 1. The molecule has 0 bridgehead atoms. The van der Waals surface area contributed by atoms with Crippen molar-refractivity contribution < 1.29 is 0 Å². The molecule has 1 fully saturated rings. The summed E-state index contributed by atoms with van der Waals surface area (Å²) in [5.74, 6) is 0.786. The molecule has 1 aromatic carbocycles. The van der Waals surface area contributed by atoms with Gasteiger partial charge in [0.15, 0.2) is 0 Å². The summed E-state index contributed by atoms with van der Waals surface area (Å²) in [5.41, 5.74) is 8.32.